The molecule has 3 rings (SSSR count). The average molecular weight is 267 g/mol. The van der Waals surface area contributed by atoms with E-state index in [9.17, 15) is 8.78 Å². The van der Waals surface area contributed by atoms with Gasteiger partial charge in [-0.3, -0.25) is 0 Å². The van der Waals surface area contributed by atoms with Gasteiger partial charge >= 0.3 is 0 Å². The molecule has 1 aromatic heterocycles. The second-order valence-corrected chi connectivity index (χ2v) is 4.91. The van der Waals surface area contributed by atoms with E-state index in [0.717, 1.165) is 11.0 Å². The quantitative estimate of drug-likeness (QED) is 0.878. The number of fused-ring (bicyclic) bond motifs is 1. The minimum Gasteiger partial charge on any atom is -0.370 e. The summed E-state index contributed by atoms with van der Waals surface area (Å²) in [5.74, 6) is -2.15. The summed E-state index contributed by atoms with van der Waals surface area (Å²) in [5.41, 5.74) is 7.76. The zero-order valence-corrected chi connectivity index (χ0v) is 10.3. The highest BCUT2D eigenvalue weighted by Gasteiger charge is 2.38. The fourth-order valence-corrected chi connectivity index (χ4v) is 2.33. The van der Waals surface area contributed by atoms with E-state index in [4.69, 9.17) is 10.5 Å². The lowest BCUT2D eigenvalue weighted by Crippen LogP contribution is -2.40. The maximum absolute atomic E-state index is 13.0. The number of benzene rings is 1. The maximum Gasteiger partial charge on any atom is 0.271 e. The summed E-state index contributed by atoms with van der Waals surface area (Å²) in [6.07, 6.45) is -0.364. The van der Waals surface area contributed by atoms with Crippen molar-refractivity contribution in [2.75, 3.05) is 6.61 Å². The number of alkyl halides is 2. The van der Waals surface area contributed by atoms with Crippen LogP contribution in [-0.4, -0.2) is 28.6 Å². The molecule has 0 amide bonds. The van der Waals surface area contributed by atoms with Gasteiger partial charge in [0.25, 0.3) is 5.92 Å². The highest BCUT2D eigenvalue weighted by atomic mass is 19.3. The molecule has 0 spiro atoms. The molecule has 0 bridgehead atoms. The molecular weight excluding hydrogens is 252 g/mol. The Morgan fingerprint density at radius 3 is 2.89 bits per heavy atom. The molecule has 102 valence electrons. The molecule has 2 atom stereocenters. The summed E-state index contributed by atoms with van der Waals surface area (Å²) in [5, 5.41) is 0. The third-order valence-corrected chi connectivity index (χ3v) is 3.43. The Morgan fingerprint density at radius 2 is 2.21 bits per heavy atom. The molecule has 6 heteroatoms. The van der Waals surface area contributed by atoms with Crippen LogP contribution in [0.5, 0.6) is 0 Å². The first-order chi connectivity index (χ1) is 9.05. The molecule has 0 aliphatic carbocycles. The molecule has 19 heavy (non-hydrogen) atoms. The van der Waals surface area contributed by atoms with Crippen molar-refractivity contribution < 1.29 is 13.5 Å². The van der Waals surface area contributed by atoms with Gasteiger partial charge in [0.1, 0.15) is 12.4 Å². The summed E-state index contributed by atoms with van der Waals surface area (Å²) in [6, 6.07) is 7.04. The monoisotopic (exact) mass is 267 g/mol. The molecule has 2 aromatic rings. The Balaban J connectivity index is 1.78. The van der Waals surface area contributed by atoms with Crippen LogP contribution in [0.4, 0.5) is 8.78 Å². The van der Waals surface area contributed by atoms with E-state index in [2.05, 4.69) is 9.97 Å². The zero-order chi connectivity index (χ0) is 13.5. The smallest absolute Gasteiger partial charge is 0.271 e. The predicted molar refractivity (Wildman–Crippen MR) is 66.9 cm³/mol. The van der Waals surface area contributed by atoms with Crippen molar-refractivity contribution in [2.24, 2.45) is 5.73 Å². The molecular formula is C13H15F2N3O. The standard InChI is InChI=1S/C13H15F2N3O/c14-13(15)6-5-10(19-7-13)11(16)12-17-8-3-1-2-4-9(8)18-12/h1-4,10-11H,5-7,16H2,(H,17,18)/t10-,11-/m0/s1. The topological polar surface area (TPSA) is 63.9 Å². The average Bonchev–Trinajstić information content (AvgIpc) is 2.81. The van der Waals surface area contributed by atoms with Crippen molar-refractivity contribution in [3.8, 4) is 0 Å². The third kappa shape index (κ3) is 2.46. The maximum atomic E-state index is 13.0. The first kappa shape index (κ1) is 12.5. The minimum absolute atomic E-state index is 0.189. The molecule has 4 nitrogen and oxygen atoms in total. The van der Waals surface area contributed by atoms with Crippen LogP contribution in [0.25, 0.3) is 11.0 Å². The van der Waals surface area contributed by atoms with Gasteiger partial charge in [-0.05, 0) is 18.6 Å². The number of aromatic nitrogens is 2. The van der Waals surface area contributed by atoms with Gasteiger partial charge in [0.2, 0.25) is 0 Å². The summed E-state index contributed by atoms with van der Waals surface area (Å²) in [6.45, 7) is -0.564. The van der Waals surface area contributed by atoms with Crippen molar-refractivity contribution in [1.82, 2.24) is 9.97 Å². The Labute approximate surface area is 109 Å². The number of nitrogens with two attached hydrogens (primary N) is 1. The van der Waals surface area contributed by atoms with E-state index in [1.54, 1.807) is 0 Å². The molecule has 2 heterocycles. The summed E-state index contributed by atoms with van der Waals surface area (Å²) >= 11 is 0. The fourth-order valence-electron chi connectivity index (χ4n) is 2.33. The first-order valence-electron chi connectivity index (χ1n) is 6.25. The summed E-state index contributed by atoms with van der Waals surface area (Å²) in [4.78, 5) is 7.49. The number of hydrogen-bond donors (Lipinski definition) is 2. The van der Waals surface area contributed by atoms with Crippen LogP contribution < -0.4 is 5.73 Å². The molecule has 1 aromatic carbocycles. The van der Waals surface area contributed by atoms with Gasteiger partial charge in [-0.2, -0.15) is 0 Å². The van der Waals surface area contributed by atoms with Crippen LogP contribution in [0.3, 0.4) is 0 Å². The molecule has 1 aliphatic heterocycles. The lowest BCUT2D eigenvalue weighted by Gasteiger charge is -2.31. The molecule has 0 unspecified atom stereocenters. The number of halogens is 2. The van der Waals surface area contributed by atoms with Crippen LogP contribution in [0.15, 0.2) is 24.3 Å². The Bertz CT molecular complexity index is 541. The van der Waals surface area contributed by atoms with E-state index < -0.39 is 24.7 Å². The van der Waals surface area contributed by atoms with Crippen LogP contribution in [0.1, 0.15) is 24.7 Å². The highest BCUT2D eigenvalue weighted by molar-refractivity contribution is 5.74. The number of ether oxygens (including phenoxy) is 1. The normalized spacial score (nSPS) is 24.5. The van der Waals surface area contributed by atoms with Crippen molar-refractivity contribution in [3.05, 3.63) is 30.1 Å². The van der Waals surface area contributed by atoms with E-state index in [-0.39, 0.29) is 12.8 Å². The Kier molecular flexibility index (Phi) is 2.99. The van der Waals surface area contributed by atoms with E-state index in [1.165, 1.54) is 0 Å². The van der Waals surface area contributed by atoms with E-state index in [0.29, 0.717) is 5.82 Å². The van der Waals surface area contributed by atoms with Crippen LogP contribution in [0, 0.1) is 0 Å². The first-order valence-corrected chi connectivity index (χ1v) is 6.25. The molecule has 1 saturated heterocycles. The fraction of sp³-hybridized carbons (Fsp3) is 0.462. The molecule has 1 aliphatic rings. The van der Waals surface area contributed by atoms with Crippen molar-refractivity contribution in [3.63, 3.8) is 0 Å². The number of para-hydroxylation sites is 2. The molecule has 0 saturated carbocycles. The number of aromatic amines is 1. The number of nitrogens with zero attached hydrogens (tertiary/aromatic N) is 1. The molecule has 3 N–H and O–H groups in total. The summed E-state index contributed by atoms with van der Waals surface area (Å²) < 4.78 is 31.2. The highest BCUT2D eigenvalue weighted by Crippen LogP contribution is 2.32. The number of H-pyrrole nitrogens is 1. The van der Waals surface area contributed by atoms with E-state index >= 15 is 0 Å². The van der Waals surface area contributed by atoms with Crippen molar-refractivity contribution in [2.45, 2.75) is 30.9 Å². The molecule has 0 radical (unpaired) electrons. The van der Waals surface area contributed by atoms with E-state index in [1.807, 2.05) is 24.3 Å². The predicted octanol–water partition coefficient (Wildman–Crippen LogP) is 2.38. The number of imidazole rings is 1. The summed E-state index contributed by atoms with van der Waals surface area (Å²) in [7, 11) is 0. The lowest BCUT2D eigenvalue weighted by molar-refractivity contribution is -0.149. The zero-order valence-electron chi connectivity index (χ0n) is 10.3. The van der Waals surface area contributed by atoms with Crippen molar-refractivity contribution in [1.29, 1.82) is 0 Å². The van der Waals surface area contributed by atoms with Gasteiger partial charge in [0.15, 0.2) is 0 Å². The number of hydrogen-bond acceptors (Lipinski definition) is 3. The largest absolute Gasteiger partial charge is 0.370 e. The second-order valence-electron chi connectivity index (χ2n) is 4.91. The number of nitrogens with one attached hydrogen (secondary N) is 1. The van der Waals surface area contributed by atoms with Gasteiger partial charge in [-0.25, -0.2) is 13.8 Å². The van der Waals surface area contributed by atoms with Gasteiger partial charge in [-0.1, -0.05) is 12.1 Å². The van der Waals surface area contributed by atoms with Gasteiger partial charge in [-0.15, -0.1) is 0 Å². The third-order valence-electron chi connectivity index (χ3n) is 3.43. The lowest BCUT2D eigenvalue weighted by atomic mass is 10.0. The van der Waals surface area contributed by atoms with Crippen LogP contribution >= 0.6 is 0 Å². The minimum atomic E-state index is -2.73. The van der Waals surface area contributed by atoms with Gasteiger partial charge in [0, 0.05) is 6.42 Å². The van der Waals surface area contributed by atoms with Gasteiger partial charge < -0.3 is 15.5 Å². The van der Waals surface area contributed by atoms with Gasteiger partial charge in [0.05, 0.1) is 23.2 Å². The van der Waals surface area contributed by atoms with Crippen molar-refractivity contribution >= 4 is 11.0 Å². The molecule has 1 fully saturated rings. The Hall–Kier alpha value is -1.53. The number of rotatable bonds is 2. The van der Waals surface area contributed by atoms with Crippen LogP contribution in [0.2, 0.25) is 0 Å². The van der Waals surface area contributed by atoms with Crippen LogP contribution in [-0.2, 0) is 4.74 Å². The Morgan fingerprint density at radius 1 is 1.42 bits per heavy atom. The SMILES string of the molecule is N[C@H](c1nc2ccccc2[nH]1)[C@@H]1CCC(F)(F)CO1. The second kappa shape index (κ2) is 4.54.